The van der Waals surface area contributed by atoms with E-state index < -0.39 is 5.60 Å². The van der Waals surface area contributed by atoms with E-state index in [0.29, 0.717) is 19.4 Å². The van der Waals surface area contributed by atoms with Gasteiger partial charge in [-0.3, -0.25) is 4.79 Å². The van der Waals surface area contributed by atoms with Gasteiger partial charge in [-0.1, -0.05) is 30.3 Å². The summed E-state index contributed by atoms with van der Waals surface area (Å²) in [5.74, 6) is -0.320. The fraction of sp³-hybridized carbons (Fsp3) is 0.350. The lowest BCUT2D eigenvalue weighted by Crippen LogP contribution is -2.38. The second-order valence-electron chi connectivity index (χ2n) is 6.37. The van der Waals surface area contributed by atoms with Crippen molar-refractivity contribution in [1.82, 2.24) is 0 Å². The number of fused-ring (bicyclic) bond motifs is 1. The first kappa shape index (κ1) is 17.4. The van der Waals surface area contributed by atoms with Crippen molar-refractivity contribution >= 4 is 28.6 Å². The standard InChI is InChI=1S/C20H21IO3/c1-2-24-19(22)13-20(23)10-9-16-11-15(3-4-17(16)12-20)14-5-7-18(21)8-6-14/h3-8,11,23H,2,9-10,12-13H2,1H3. The fourth-order valence-corrected chi connectivity index (χ4v) is 3.65. The Bertz CT molecular complexity index is 739. The summed E-state index contributed by atoms with van der Waals surface area (Å²) in [6, 6.07) is 14.9. The Labute approximate surface area is 156 Å². The van der Waals surface area contributed by atoms with Crippen molar-refractivity contribution in [2.24, 2.45) is 0 Å². The van der Waals surface area contributed by atoms with E-state index in [0.717, 1.165) is 12.0 Å². The third-order valence-corrected chi connectivity index (χ3v) is 5.26. The number of hydrogen-bond donors (Lipinski definition) is 1. The lowest BCUT2D eigenvalue weighted by Gasteiger charge is -2.33. The van der Waals surface area contributed by atoms with Crippen molar-refractivity contribution in [3.63, 3.8) is 0 Å². The van der Waals surface area contributed by atoms with E-state index >= 15 is 0 Å². The fourth-order valence-electron chi connectivity index (χ4n) is 3.29. The molecule has 1 unspecified atom stereocenters. The first-order valence-corrected chi connectivity index (χ1v) is 9.33. The van der Waals surface area contributed by atoms with Crippen LogP contribution in [-0.4, -0.2) is 23.3 Å². The zero-order valence-corrected chi connectivity index (χ0v) is 15.9. The van der Waals surface area contributed by atoms with E-state index in [-0.39, 0.29) is 12.4 Å². The van der Waals surface area contributed by atoms with Gasteiger partial charge in [0, 0.05) is 9.99 Å². The number of hydrogen-bond acceptors (Lipinski definition) is 3. The SMILES string of the molecule is CCOC(=O)CC1(O)CCc2cc(-c3ccc(I)cc3)ccc2C1. The predicted molar refractivity (Wildman–Crippen MR) is 103 cm³/mol. The molecule has 0 bridgehead atoms. The van der Waals surface area contributed by atoms with Gasteiger partial charge >= 0.3 is 5.97 Å². The van der Waals surface area contributed by atoms with Crippen LogP contribution in [0.4, 0.5) is 0 Å². The average molecular weight is 436 g/mol. The molecule has 0 radical (unpaired) electrons. The third-order valence-electron chi connectivity index (χ3n) is 4.54. The van der Waals surface area contributed by atoms with Crippen molar-refractivity contribution in [3.05, 3.63) is 57.2 Å². The molecule has 0 spiro atoms. The van der Waals surface area contributed by atoms with Crippen molar-refractivity contribution in [3.8, 4) is 11.1 Å². The molecule has 1 aliphatic rings. The second kappa shape index (κ2) is 7.23. The van der Waals surface area contributed by atoms with Crippen LogP contribution in [0.25, 0.3) is 11.1 Å². The van der Waals surface area contributed by atoms with Crippen LogP contribution < -0.4 is 0 Å². The van der Waals surface area contributed by atoms with Gasteiger partial charge in [-0.05, 0) is 76.7 Å². The molecule has 2 aromatic carbocycles. The van der Waals surface area contributed by atoms with Crippen LogP contribution in [0, 0.1) is 3.57 Å². The molecule has 4 heteroatoms. The number of aliphatic hydroxyl groups is 1. The van der Waals surface area contributed by atoms with Crippen LogP contribution in [0.5, 0.6) is 0 Å². The third kappa shape index (κ3) is 3.98. The van der Waals surface area contributed by atoms with E-state index in [2.05, 4.69) is 65.1 Å². The van der Waals surface area contributed by atoms with E-state index in [9.17, 15) is 9.90 Å². The molecule has 24 heavy (non-hydrogen) atoms. The highest BCUT2D eigenvalue weighted by molar-refractivity contribution is 14.1. The van der Waals surface area contributed by atoms with Crippen molar-refractivity contribution in [1.29, 1.82) is 0 Å². The number of benzene rings is 2. The molecule has 0 aromatic heterocycles. The molecule has 1 N–H and O–H groups in total. The van der Waals surface area contributed by atoms with Crippen molar-refractivity contribution in [2.45, 2.75) is 38.2 Å². The summed E-state index contributed by atoms with van der Waals surface area (Å²) in [7, 11) is 0. The van der Waals surface area contributed by atoms with Crippen LogP contribution in [0.3, 0.4) is 0 Å². The topological polar surface area (TPSA) is 46.5 Å². The molecule has 2 aromatic rings. The summed E-state index contributed by atoms with van der Waals surface area (Å²) in [6.45, 7) is 2.13. The van der Waals surface area contributed by atoms with Gasteiger partial charge in [0.25, 0.3) is 0 Å². The lowest BCUT2D eigenvalue weighted by atomic mass is 9.78. The Morgan fingerprint density at radius 3 is 2.58 bits per heavy atom. The van der Waals surface area contributed by atoms with Gasteiger partial charge in [-0.15, -0.1) is 0 Å². The number of carbonyl (C=O) groups excluding carboxylic acids is 1. The molecule has 3 rings (SSSR count). The van der Waals surface area contributed by atoms with Gasteiger partial charge in [0.15, 0.2) is 0 Å². The lowest BCUT2D eigenvalue weighted by molar-refractivity contribution is -0.149. The van der Waals surface area contributed by atoms with Gasteiger partial charge in [0.05, 0.1) is 18.6 Å². The summed E-state index contributed by atoms with van der Waals surface area (Å²) in [5, 5.41) is 10.7. The zero-order chi connectivity index (χ0) is 17.2. The maximum absolute atomic E-state index is 11.7. The van der Waals surface area contributed by atoms with E-state index in [1.807, 2.05) is 0 Å². The van der Waals surface area contributed by atoms with E-state index in [1.54, 1.807) is 6.92 Å². The Morgan fingerprint density at radius 1 is 1.17 bits per heavy atom. The van der Waals surface area contributed by atoms with Crippen LogP contribution in [-0.2, 0) is 22.4 Å². The predicted octanol–water partition coefficient (Wildman–Crippen LogP) is 4.13. The molecule has 0 fully saturated rings. The van der Waals surface area contributed by atoms with Crippen molar-refractivity contribution in [2.75, 3.05) is 6.61 Å². The number of halogens is 1. The molecular formula is C20H21IO3. The Hall–Kier alpha value is -1.40. The highest BCUT2D eigenvalue weighted by atomic mass is 127. The number of esters is 1. The maximum Gasteiger partial charge on any atom is 0.308 e. The number of rotatable bonds is 4. The Balaban J connectivity index is 1.79. The largest absolute Gasteiger partial charge is 0.466 e. The first-order valence-electron chi connectivity index (χ1n) is 8.25. The number of ether oxygens (including phenoxy) is 1. The molecule has 0 aliphatic heterocycles. The van der Waals surface area contributed by atoms with Gasteiger partial charge < -0.3 is 9.84 Å². The zero-order valence-electron chi connectivity index (χ0n) is 13.7. The molecule has 0 amide bonds. The normalized spacial score (nSPS) is 19.6. The number of carbonyl (C=O) groups is 1. The molecule has 1 aliphatic carbocycles. The minimum atomic E-state index is -0.983. The Kier molecular flexibility index (Phi) is 5.25. The molecule has 0 saturated heterocycles. The molecule has 0 saturated carbocycles. The van der Waals surface area contributed by atoms with E-state index in [1.165, 1.54) is 20.3 Å². The minimum absolute atomic E-state index is 0.0686. The number of aryl methyl sites for hydroxylation is 1. The smallest absolute Gasteiger partial charge is 0.308 e. The van der Waals surface area contributed by atoms with Gasteiger partial charge in [0.1, 0.15) is 0 Å². The van der Waals surface area contributed by atoms with Crippen molar-refractivity contribution < 1.29 is 14.6 Å². The van der Waals surface area contributed by atoms with Gasteiger partial charge in [-0.2, -0.15) is 0 Å². The minimum Gasteiger partial charge on any atom is -0.466 e. The molecule has 0 heterocycles. The molecule has 1 atom stereocenters. The maximum atomic E-state index is 11.7. The van der Waals surface area contributed by atoms with Gasteiger partial charge in [-0.25, -0.2) is 0 Å². The van der Waals surface area contributed by atoms with Crippen LogP contribution >= 0.6 is 22.6 Å². The summed E-state index contributed by atoms with van der Waals surface area (Å²) in [5.41, 5.74) is 3.80. The summed E-state index contributed by atoms with van der Waals surface area (Å²) in [6.07, 6.45) is 1.95. The quantitative estimate of drug-likeness (QED) is 0.579. The van der Waals surface area contributed by atoms with Crippen LogP contribution in [0.1, 0.15) is 30.9 Å². The van der Waals surface area contributed by atoms with Crippen LogP contribution in [0.15, 0.2) is 42.5 Å². The van der Waals surface area contributed by atoms with Crippen LogP contribution in [0.2, 0.25) is 0 Å². The highest BCUT2D eigenvalue weighted by Gasteiger charge is 2.34. The monoisotopic (exact) mass is 436 g/mol. The average Bonchev–Trinajstić information content (AvgIpc) is 2.55. The summed E-state index contributed by atoms with van der Waals surface area (Å²) >= 11 is 2.30. The Morgan fingerprint density at radius 2 is 1.88 bits per heavy atom. The summed E-state index contributed by atoms with van der Waals surface area (Å²) < 4.78 is 6.21. The molecular weight excluding hydrogens is 415 g/mol. The molecule has 3 nitrogen and oxygen atoms in total. The first-order chi connectivity index (χ1) is 11.5. The van der Waals surface area contributed by atoms with Gasteiger partial charge in [0.2, 0.25) is 0 Å². The highest BCUT2D eigenvalue weighted by Crippen LogP contribution is 2.34. The van der Waals surface area contributed by atoms with E-state index in [4.69, 9.17) is 4.74 Å². The summed E-state index contributed by atoms with van der Waals surface area (Å²) in [4.78, 5) is 11.7. The second-order valence-corrected chi connectivity index (χ2v) is 7.62. The molecule has 126 valence electrons.